The number of allylic oxidation sites excluding steroid dienone is 2. The van der Waals surface area contributed by atoms with E-state index in [0.717, 1.165) is 5.57 Å². The molecule has 4 saturated carbocycles. The lowest BCUT2D eigenvalue weighted by molar-refractivity contribution is -0.372. The Kier molecular flexibility index (Phi) is 21.6. The van der Waals surface area contributed by atoms with Crippen molar-refractivity contribution in [1.29, 1.82) is 0 Å². The first-order valence-electron chi connectivity index (χ1n) is 33.3. The predicted octanol–water partition coefficient (Wildman–Crippen LogP) is -7.56. The molecule has 10 fully saturated rings. The van der Waals surface area contributed by atoms with E-state index < -0.39 is 286 Å². The van der Waals surface area contributed by atoms with Crippen molar-refractivity contribution in [2.45, 2.75) is 277 Å². The van der Waals surface area contributed by atoms with E-state index in [0.29, 0.717) is 19.3 Å². The second kappa shape index (κ2) is 27.5. The SMILES string of the molecule is C[C@@H]1O[C@@H](O[C@H]2[C@H](OC(=O)[C@]34CCC(C)(C)C[C@H]3C3=CC[C@@H]5[C@@]6(C)C[C@H](O)[C@H](O[C@@H]7O[C@H](CO[C@@H]8O[C@H](CO)[C@@H](O)[C@H](O)[C@H]8O)[C@@H](O)[C@H](O)[C@H]7O)[C@@](C)(CO)[C@@H]6[C@H](O)C[C@@]5(C)[C@]3(C)C[C@H]4O)OC[C@H](O)[C@@H]2O)[C@H](O)[C@H](O)[C@H]1O[C@@H]1OC[C@@H](O)[C@H](O[C@@H]2OC[C@](O)(CO)[C@H]2O)[C@H]1O. The predicted molar refractivity (Wildman–Crippen MR) is 314 cm³/mol. The number of hydrogen-bond donors (Lipinski definition) is 20. The first-order chi connectivity index (χ1) is 44.9. The van der Waals surface area contributed by atoms with Crippen LogP contribution in [-0.2, 0) is 61.6 Å². The van der Waals surface area contributed by atoms with Crippen molar-refractivity contribution in [1.82, 2.24) is 0 Å². The summed E-state index contributed by atoms with van der Waals surface area (Å²) in [6.07, 6.45) is -45.2. The highest BCUT2D eigenvalue weighted by molar-refractivity contribution is 5.80. The largest absolute Gasteiger partial charge is 0.432 e. The van der Waals surface area contributed by atoms with Crippen LogP contribution in [0.15, 0.2) is 11.6 Å². The van der Waals surface area contributed by atoms with Crippen molar-refractivity contribution in [3.05, 3.63) is 11.6 Å². The Hall–Kier alpha value is -2.03. The zero-order valence-corrected chi connectivity index (χ0v) is 54.7. The fourth-order valence-corrected chi connectivity index (χ4v) is 18.9. The summed E-state index contributed by atoms with van der Waals surface area (Å²) in [4.78, 5) is 15.5. The van der Waals surface area contributed by atoms with E-state index in [1.807, 2.05) is 34.6 Å². The molecule has 0 aromatic rings. The van der Waals surface area contributed by atoms with Gasteiger partial charge in [0.2, 0.25) is 6.29 Å². The molecule has 6 saturated heterocycles. The van der Waals surface area contributed by atoms with Gasteiger partial charge in [-0.3, -0.25) is 4.79 Å². The zero-order chi connectivity index (χ0) is 70.2. The van der Waals surface area contributed by atoms with Gasteiger partial charge in [0.05, 0.1) is 76.8 Å². The molecule has 0 aromatic heterocycles. The van der Waals surface area contributed by atoms with Gasteiger partial charge in [-0.1, -0.05) is 53.2 Å². The number of aliphatic hydroxyl groups excluding tert-OH is 19. The molecule has 0 unspecified atom stereocenters. The van der Waals surface area contributed by atoms with E-state index in [1.54, 1.807) is 6.92 Å². The highest BCUT2D eigenvalue weighted by atomic mass is 16.8. The minimum atomic E-state index is -2.09. The van der Waals surface area contributed by atoms with Crippen LogP contribution in [0, 0.1) is 50.2 Å². The van der Waals surface area contributed by atoms with Gasteiger partial charge in [-0.2, -0.15) is 0 Å². The number of carbonyl (C=O) groups excluding carboxylic acids is 1. The van der Waals surface area contributed by atoms with Crippen molar-refractivity contribution < 1.29 is 164 Å². The Morgan fingerprint density at radius 3 is 1.81 bits per heavy atom. The third kappa shape index (κ3) is 12.4. The number of carbonyl (C=O) groups is 1. The Balaban J connectivity index is 0.795. The summed E-state index contributed by atoms with van der Waals surface area (Å²) >= 11 is 0. The summed E-state index contributed by atoms with van der Waals surface area (Å²) in [6.45, 7) is 8.49. The lowest BCUT2D eigenvalue weighted by Gasteiger charge is -2.73. The van der Waals surface area contributed by atoms with E-state index in [1.165, 1.54) is 6.92 Å². The van der Waals surface area contributed by atoms with E-state index in [9.17, 15) is 102 Å². The van der Waals surface area contributed by atoms with Gasteiger partial charge in [-0.05, 0) is 85.4 Å². The van der Waals surface area contributed by atoms with Gasteiger partial charge >= 0.3 is 5.97 Å². The van der Waals surface area contributed by atoms with Crippen LogP contribution in [0.3, 0.4) is 0 Å². The Morgan fingerprint density at radius 2 is 1.16 bits per heavy atom. The summed E-state index contributed by atoms with van der Waals surface area (Å²) in [5.74, 6) is -2.88. The molecular weight excluding hydrogens is 1280 g/mol. The van der Waals surface area contributed by atoms with Crippen LogP contribution in [0.25, 0.3) is 0 Å². The molecule has 5 aliphatic carbocycles. The molecular formula is C63H102O33. The van der Waals surface area contributed by atoms with E-state index >= 15 is 4.79 Å². The topological polar surface area (TPSA) is 532 Å². The van der Waals surface area contributed by atoms with Gasteiger partial charge in [-0.25, -0.2) is 0 Å². The number of esters is 1. The van der Waals surface area contributed by atoms with Gasteiger partial charge < -0.3 is 159 Å². The molecule has 0 radical (unpaired) electrons. The minimum Gasteiger partial charge on any atom is -0.432 e. The third-order valence-electron chi connectivity index (χ3n) is 24.5. The van der Waals surface area contributed by atoms with Crippen molar-refractivity contribution in [2.24, 2.45) is 50.2 Å². The number of ether oxygens (including phenoxy) is 12. The molecule has 0 spiro atoms. The molecule has 33 nitrogen and oxygen atoms in total. The minimum absolute atomic E-state index is 0.0403. The standard InChI is InChI=1S/C63H102O33/c1-23-44(92-51-43(81)45(29(70)18-85-51)93-55-48(82)62(84,21-66)22-88-55)39(77)42(80)52(89-23)94-46-34(72)28(69)17-86-54(46)96-56(83)63-11-10-57(2,3)12-25(63)24-8-9-32-58(4)13-27(68)49(59(5,20-65)47(58)26(67)14-61(32,7)60(24,6)15-33(63)71)95-53-41(79)38(76)36(74)31(91-53)19-87-50-40(78)37(75)35(73)30(16-64)90-50/h8,23,25-55,64-82,84H,9-22H2,1-7H3/t23-,25-,26+,27-,28-,29+,30+,31+,32+,33+,34-,35+,36+,37-,38-,39-,40+,41+,42+,43+,44-,45-,46+,47+,48-,49-,50+,51-,52-,53-,54-,55-,58+,59-,60+,61+,62+,63+/m0/s1. The molecule has 38 atom stereocenters. The van der Waals surface area contributed by atoms with E-state index in [2.05, 4.69) is 6.08 Å². The third-order valence-corrected chi connectivity index (χ3v) is 24.5. The molecule has 552 valence electrons. The van der Waals surface area contributed by atoms with Crippen molar-refractivity contribution in [3.8, 4) is 0 Å². The van der Waals surface area contributed by atoms with Gasteiger partial charge in [0.25, 0.3) is 0 Å². The maximum Gasteiger partial charge on any atom is 0.317 e. The van der Waals surface area contributed by atoms with Crippen molar-refractivity contribution >= 4 is 5.97 Å². The normalized spacial score (nSPS) is 55.8. The van der Waals surface area contributed by atoms with Crippen LogP contribution in [0.1, 0.15) is 93.4 Å². The molecule has 33 heteroatoms. The Bertz CT molecular complexity index is 2730. The van der Waals surface area contributed by atoms with Crippen LogP contribution in [0.4, 0.5) is 0 Å². The molecule has 0 bridgehead atoms. The maximum absolute atomic E-state index is 15.5. The van der Waals surface area contributed by atoms with E-state index in [-0.39, 0.29) is 25.7 Å². The second-order valence-corrected chi connectivity index (χ2v) is 31.0. The maximum atomic E-state index is 15.5. The molecule has 0 aromatic carbocycles. The second-order valence-electron chi connectivity index (χ2n) is 31.0. The average Bonchev–Trinajstić information content (AvgIpc) is 0.681. The Labute approximate surface area is 553 Å². The highest BCUT2D eigenvalue weighted by Gasteiger charge is 2.75. The summed E-state index contributed by atoms with van der Waals surface area (Å²) in [6, 6.07) is 0. The van der Waals surface area contributed by atoms with Crippen LogP contribution in [0.2, 0.25) is 0 Å². The number of hydrogen-bond acceptors (Lipinski definition) is 33. The summed E-state index contributed by atoms with van der Waals surface area (Å²) in [5.41, 5.74) is -7.78. The van der Waals surface area contributed by atoms with Crippen LogP contribution < -0.4 is 0 Å². The first-order valence-corrected chi connectivity index (χ1v) is 33.3. The molecule has 20 N–H and O–H groups in total. The van der Waals surface area contributed by atoms with Gasteiger partial charge in [-0.15, -0.1) is 0 Å². The monoisotopic (exact) mass is 1390 g/mol. The average molecular weight is 1390 g/mol. The van der Waals surface area contributed by atoms with Crippen LogP contribution >= 0.6 is 0 Å². The number of aliphatic hydroxyl groups is 20. The summed E-state index contributed by atoms with van der Waals surface area (Å²) in [5, 5.41) is 223. The summed E-state index contributed by atoms with van der Waals surface area (Å²) < 4.78 is 70.0. The van der Waals surface area contributed by atoms with Gasteiger partial charge in [0.1, 0.15) is 115 Å². The molecule has 11 rings (SSSR count). The van der Waals surface area contributed by atoms with Crippen molar-refractivity contribution in [2.75, 3.05) is 46.2 Å². The lowest BCUT2D eigenvalue weighted by Crippen LogP contribution is -2.73. The molecule has 96 heavy (non-hydrogen) atoms. The van der Waals surface area contributed by atoms with Crippen LogP contribution in [0.5, 0.6) is 0 Å². The molecule has 6 aliphatic heterocycles. The zero-order valence-electron chi connectivity index (χ0n) is 54.7. The fraction of sp³-hybridized carbons (Fsp3) is 0.952. The smallest absolute Gasteiger partial charge is 0.317 e. The molecule has 6 heterocycles. The summed E-state index contributed by atoms with van der Waals surface area (Å²) in [7, 11) is 0. The van der Waals surface area contributed by atoms with Gasteiger partial charge in [0, 0.05) is 11.3 Å². The number of rotatable bonds is 16. The lowest BCUT2D eigenvalue weighted by atomic mass is 9.32. The van der Waals surface area contributed by atoms with E-state index in [4.69, 9.17) is 56.8 Å². The molecule has 0 amide bonds. The Morgan fingerprint density at radius 1 is 0.552 bits per heavy atom. The number of fused-ring (bicyclic) bond motifs is 7. The quantitative estimate of drug-likeness (QED) is 0.0388. The molecule has 11 aliphatic rings. The van der Waals surface area contributed by atoms with Crippen molar-refractivity contribution in [3.63, 3.8) is 0 Å². The van der Waals surface area contributed by atoms with Gasteiger partial charge in [0.15, 0.2) is 37.6 Å². The highest BCUT2D eigenvalue weighted by Crippen LogP contribution is 2.76. The van der Waals surface area contributed by atoms with Crippen LogP contribution in [-0.4, -0.2) is 338 Å². The first kappa shape index (κ1) is 75.1. The fourth-order valence-electron chi connectivity index (χ4n) is 18.9.